The molecular formula is C28H24Cl2N4O2S. The molecule has 4 aromatic rings. The van der Waals surface area contributed by atoms with Gasteiger partial charge in [0, 0.05) is 29.9 Å². The topological polar surface area (TPSA) is 67.2 Å². The molecule has 188 valence electrons. The van der Waals surface area contributed by atoms with E-state index in [2.05, 4.69) is 5.32 Å². The quantitative estimate of drug-likeness (QED) is 0.272. The van der Waals surface area contributed by atoms with Crippen molar-refractivity contribution in [2.24, 2.45) is 0 Å². The minimum atomic E-state index is -0.480. The molecule has 1 saturated heterocycles. The van der Waals surface area contributed by atoms with E-state index in [-0.39, 0.29) is 22.2 Å². The molecule has 0 atom stereocenters. The summed E-state index contributed by atoms with van der Waals surface area (Å²) < 4.78 is 1.78. The molecule has 9 heteroatoms. The molecule has 0 radical (unpaired) electrons. The van der Waals surface area contributed by atoms with Crippen LogP contribution >= 0.6 is 34.5 Å². The average Bonchev–Trinajstić information content (AvgIpc) is 3.59. The van der Waals surface area contributed by atoms with Crippen molar-refractivity contribution in [1.29, 1.82) is 0 Å². The van der Waals surface area contributed by atoms with E-state index in [0.29, 0.717) is 23.7 Å². The lowest BCUT2D eigenvalue weighted by Gasteiger charge is -2.27. The van der Waals surface area contributed by atoms with Crippen LogP contribution in [0.2, 0.25) is 10.0 Å². The van der Waals surface area contributed by atoms with Crippen LogP contribution in [0.3, 0.4) is 0 Å². The summed E-state index contributed by atoms with van der Waals surface area (Å²) in [6, 6.07) is 18.3. The summed E-state index contributed by atoms with van der Waals surface area (Å²) in [5, 5.41) is 10.3. The lowest BCUT2D eigenvalue weighted by molar-refractivity contribution is -0.128. The third-order valence-corrected chi connectivity index (χ3v) is 7.54. The molecule has 0 spiro atoms. The number of likely N-dealkylation sites (tertiary alicyclic amines) is 1. The Morgan fingerprint density at radius 1 is 0.973 bits per heavy atom. The molecule has 1 aliphatic heterocycles. The van der Waals surface area contributed by atoms with Crippen molar-refractivity contribution in [3.63, 3.8) is 0 Å². The zero-order valence-electron chi connectivity index (χ0n) is 19.9. The Labute approximate surface area is 229 Å². The van der Waals surface area contributed by atoms with Crippen molar-refractivity contribution < 1.29 is 9.59 Å². The van der Waals surface area contributed by atoms with Crippen LogP contribution in [0.25, 0.3) is 22.3 Å². The molecule has 0 unspecified atom stereocenters. The van der Waals surface area contributed by atoms with Gasteiger partial charge in [0.05, 0.1) is 21.2 Å². The van der Waals surface area contributed by atoms with Gasteiger partial charge in [0.1, 0.15) is 11.4 Å². The fraction of sp³-hybridized carbons (Fsp3) is 0.179. The summed E-state index contributed by atoms with van der Waals surface area (Å²) in [6.07, 6.45) is 6.53. The minimum absolute atomic E-state index is 0.170. The Kier molecular flexibility index (Phi) is 7.74. The van der Waals surface area contributed by atoms with Gasteiger partial charge < -0.3 is 10.2 Å². The maximum Gasteiger partial charge on any atom is 0.270 e. The molecule has 3 heterocycles. The highest BCUT2D eigenvalue weighted by molar-refractivity contribution is 7.13. The first-order valence-electron chi connectivity index (χ1n) is 12.0. The molecular weight excluding hydrogens is 527 g/mol. The Hall–Kier alpha value is -3.39. The number of hydrogen-bond acceptors (Lipinski definition) is 4. The van der Waals surface area contributed by atoms with Crippen LogP contribution < -0.4 is 5.32 Å². The summed E-state index contributed by atoms with van der Waals surface area (Å²) in [5.41, 5.74) is 2.74. The molecule has 1 aliphatic rings. The summed E-state index contributed by atoms with van der Waals surface area (Å²) in [7, 11) is 0. The number of hydrogen-bond donors (Lipinski definition) is 1. The fourth-order valence-corrected chi connectivity index (χ4v) is 5.47. The lowest BCUT2D eigenvalue weighted by atomic mass is 10.1. The number of rotatable bonds is 6. The van der Waals surface area contributed by atoms with Crippen molar-refractivity contribution in [3.05, 3.63) is 99.1 Å². The molecule has 0 saturated carbocycles. The molecule has 0 bridgehead atoms. The van der Waals surface area contributed by atoms with Crippen LogP contribution in [0.4, 0.5) is 0 Å². The predicted molar refractivity (Wildman–Crippen MR) is 149 cm³/mol. The van der Waals surface area contributed by atoms with E-state index in [1.54, 1.807) is 39.1 Å². The third-order valence-electron chi connectivity index (χ3n) is 6.12. The van der Waals surface area contributed by atoms with Crippen LogP contribution in [0, 0.1) is 0 Å². The summed E-state index contributed by atoms with van der Waals surface area (Å²) in [5.74, 6) is -0.714. The minimum Gasteiger partial charge on any atom is -0.337 e. The number of amides is 2. The normalized spacial score (nSPS) is 14.0. The van der Waals surface area contributed by atoms with Gasteiger partial charge in [-0.25, -0.2) is 4.68 Å². The zero-order valence-corrected chi connectivity index (χ0v) is 22.2. The van der Waals surface area contributed by atoms with Crippen molar-refractivity contribution >= 4 is 52.4 Å². The Morgan fingerprint density at radius 2 is 1.76 bits per heavy atom. The van der Waals surface area contributed by atoms with Crippen LogP contribution in [0.1, 0.15) is 35.2 Å². The summed E-state index contributed by atoms with van der Waals surface area (Å²) >= 11 is 13.9. The van der Waals surface area contributed by atoms with E-state index in [4.69, 9.17) is 28.3 Å². The average molecular weight is 551 g/mol. The number of nitrogens with zero attached hydrogens (tertiary/aromatic N) is 3. The SMILES string of the molecule is O=C(N/C(=C\c1cn(-c2ccccc2)nc1-c1cccs1)C(=O)N1CCCCC1)c1ccc(Cl)cc1Cl. The second-order valence-electron chi connectivity index (χ2n) is 8.68. The van der Waals surface area contributed by atoms with Crippen molar-refractivity contribution in [3.8, 4) is 16.3 Å². The molecule has 37 heavy (non-hydrogen) atoms. The standard InChI is InChI=1S/C28H24Cl2N4O2S/c29-20-11-12-22(23(30)17-20)27(35)31-24(28(36)33-13-5-2-6-14-33)16-19-18-34(21-8-3-1-4-9-21)32-26(19)25-10-7-15-37-25/h1,3-4,7-12,15-18H,2,5-6,13-14H2,(H,31,35)/b24-16-. The fourth-order valence-electron chi connectivity index (χ4n) is 4.25. The number of benzene rings is 2. The molecule has 1 N–H and O–H groups in total. The number of para-hydroxylation sites is 1. The molecule has 2 amide bonds. The molecule has 2 aromatic carbocycles. The number of halogens is 2. The highest BCUT2D eigenvalue weighted by Crippen LogP contribution is 2.30. The Bertz CT molecular complexity index is 1440. The van der Waals surface area contributed by atoms with Crippen molar-refractivity contribution in [1.82, 2.24) is 20.0 Å². The van der Waals surface area contributed by atoms with E-state index in [9.17, 15) is 9.59 Å². The van der Waals surface area contributed by atoms with Gasteiger partial charge in [-0.2, -0.15) is 5.10 Å². The van der Waals surface area contributed by atoms with E-state index in [1.165, 1.54) is 6.07 Å². The van der Waals surface area contributed by atoms with E-state index >= 15 is 0 Å². The van der Waals surface area contributed by atoms with Gasteiger partial charge in [-0.1, -0.05) is 47.5 Å². The largest absolute Gasteiger partial charge is 0.337 e. The highest BCUT2D eigenvalue weighted by atomic mass is 35.5. The first-order valence-corrected chi connectivity index (χ1v) is 13.6. The second kappa shape index (κ2) is 11.3. The number of carbonyl (C=O) groups is 2. The van der Waals surface area contributed by atoms with Gasteiger partial charge in [0.25, 0.3) is 11.8 Å². The number of piperidine rings is 1. The van der Waals surface area contributed by atoms with Crippen LogP contribution in [-0.4, -0.2) is 39.6 Å². The maximum atomic E-state index is 13.6. The Morgan fingerprint density at radius 3 is 2.46 bits per heavy atom. The summed E-state index contributed by atoms with van der Waals surface area (Å²) in [6.45, 7) is 1.30. The van der Waals surface area contributed by atoms with E-state index < -0.39 is 5.91 Å². The van der Waals surface area contributed by atoms with E-state index in [1.807, 2.05) is 54.0 Å². The van der Waals surface area contributed by atoms with Crippen molar-refractivity contribution in [2.75, 3.05) is 13.1 Å². The van der Waals surface area contributed by atoms with Gasteiger partial charge in [0.15, 0.2) is 0 Å². The van der Waals surface area contributed by atoms with Gasteiger partial charge in [-0.05, 0) is 67.1 Å². The van der Waals surface area contributed by atoms with Gasteiger partial charge in [-0.15, -0.1) is 11.3 Å². The van der Waals surface area contributed by atoms with Gasteiger partial charge >= 0.3 is 0 Å². The zero-order chi connectivity index (χ0) is 25.8. The number of nitrogens with one attached hydrogen (secondary N) is 1. The smallest absolute Gasteiger partial charge is 0.270 e. The van der Waals surface area contributed by atoms with Crippen LogP contribution in [0.15, 0.2) is 77.9 Å². The molecule has 6 nitrogen and oxygen atoms in total. The molecule has 1 fully saturated rings. The first-order chi connectivity index (χ1) is 18.0. The molecule has 0 aliphatic carbocycles. The number of aromatic nitrogens is 2. The maximum absolute atomic E-state index is 13.6. The third kappa shape index (κ3) is 5.80. The molecule has 5 rings (SSSR count). The van der Waals surface area contributed by atoms with Gasteiger partial charge in [-0.3, -0.25) is 9.59 Å². The molecule has 2 aromatic heterocycles. The van der Waals surface area contributed by atoms with Crippen LogP contribution in [0.5, 0.6) is 0 Å². The highest BCUT2D eigenvalue weighted by Gasteiger charge is 2.24. The number of carbonyl (C=O) groups excluding carboxylic acids is 2. The van der Waals surface area contributed by atoms with Gasteiger partial charge in [0.2, 0.25) is 0 Å². The van der Waals surface area contributed by atoms with E-state index in [0.717, 1.165) is 35.5 Å². The first kappa shape index (κ1) is 25.3. The van der Waals surface area contributed by atoms with Crippen LogP contribution in [-0.2, 0) is 4.79 Å². The Balaban J connectivity index is 1.57. The predicted octanol–water partition coefficient (Wildman–Crippen LogP) is 6.69. The number of thiophene rings is 1. The lowest BCUT2D eigenvalue weighted by Crippen LogP contribution is -2.41. The summed E-state index contributed by atoms with van der Waals surface area (Å²) in [4.78, 5) is 29.6. The monoisotopic (exact) mass is 550 g/mol. The van der Waals surface area contributed by atoms with Crippen molar-refractivity contribution in [2.45, 2.75) is 19.3 Å². The second-order valence-corrected chi connectivity index (χ2v) is 10.5.